The van der Waals surface area contributed by atoms with Crippen LogP contribution in [0.2, 0.25) is 0 Å². The third kappa shape index (κ3) is 4.23. The fourth-order valence-electron chi connectivity index (χ4n) is 2.95. The second kappa shape index (κ2) is 7.93. The van der Waals surface area contributed by atoms with Crippen molar-refractivity contribution in [1.82, 2.24) is 0 Å². The Kier molecular flexibility index (Phi) is 6.73. The van der Waals surface area contributed by atoms with Crippen molar-refractivity contribution >= 4 is 11.6 Å². The maximum absolute atomic E-state index is 12.7. The molecule has 0 fully saturated rings. The molecule has 0 radical (unpaired) electrons. The van der Waals surface area contributed by atoms with Crippen molar-refractivity contribution in [3.05, 3.63) is 34.6 Å². The van der Waals surface area contributed by atoms with E-state index in [4.69, 9.17) is 0 Å². The zero-order valence-corrected chi connectivity index (χ0v) is 15.6. The summed E-state index contributed by atoms with van der Waals surface area (Å²) in [5.74, 6) is -2.51. The molecule has 24 heavy (non-hydrogen) atoms. The lowest BCUT2D eigenvalue weighted by atomic mass is 9.82. The Morgan fingerprint density at radius 3 is 2.17 bits per heavy atom. The number of rotatable bonds is 7. The standard InChI is InChI=1S/C20H30O4/c1-12(2)8-7-11-20(24)15(10-9-13(3)4)18(22)16(19(20)23)17(21)14(5)6/h8-9,14-15,23-24H,7,10-11H2,1-6H3/t15-,20-/m1/s1. The molecule has 0 aromatic rings. The van der Waals surface area contributed by atoms with Crippen LogP contribution in [0.15, 0.2) is 34.6 Å². The predicted octanol–water partition coefficient (Wildman–Crippen LogP) is 4.06. The van der Waals surface area contributed by atoms with Gasteiger partial charge < -0.3 is 10.2 Å². The van der Waals surface area contributed by atoms with Gasteiger partial charge in [-0.15, -0.1) is 0 Å². The smallest absolute Gasteiger partial charge is 0.176 e. The van der Waals surface area contributed by atoms with Crippen molar-refractivity contribution in [3.63, 3.8) is 0 Å². The Bertz CT molecular complexity index is 599. The number of carbonyl (C=O) groups excluding carboxylic acids is 2. The van der Waals surface area contributed by atoms with E-state index in [2.05, 4.69) is 0 Å². The maximum Gasteiger partial charge on any atom is 0.176 e. The third-order valence-electron chi connectivity index (χ3n) is 4.40. The monoisotopic (exact) mass is 334 g/mol. The summed E-state index contributed by atoms with van der Waals surface area (Å²) >= 11 is 0. The molecule has 0 aromatic heterocycles. The molecular formula is C20H30O4. The van der Waals surface area contributed by atoms with Crippen LogP contribution in [-0.4, -0.2) is 27.4 Å². The number of aliphatic hydroxyl groups is 2. The normalized spacial score (nSPS) is 23.7. The molecule has 0 aromatic carbocycles. The van der Waals surface area contributed by atoms with E-state index >= 15 is 0 Å². The van der Waals surface area contributed by atoms with Crippen LogP contribution in [0.25, 0.3) is 0 Å². The molecule has 134 valence electrons. The molecule has 0 heterocycles. The maximum atomic E-state index is 12.7. The second-order valence-electron chi connectivity index (χ2n) is 7.42. The molecule has 2 atom stereocenters. The molecule has 4 heteroatoms. The van der Waals surface area contributed by atoms with Crippen LogP contribution >= 0.6 is 0 Å². The van der Waals surface area contributed by atoms with Crippen molar-refractivity contribution in [2.24, 2.45) is 11.8 Å². The molecule has 0 bridgehead atoms. The minimum Gasteiger partial charge on any atom is -0.508 e. The van der Waals surface area contributed by atoms with Crippen LogP contribution in [-0.2, 0) is 9.59 Å². The first kappa shape index (κ1) is 20.4. The van der Waals surface area contributed by atoms with Crippen LogP contribution < -0.4 is 0 Å². The molecule has 0 amide bonds. The van der Waals surface area contributed by atoms with E-state index in [0.29, 0.717) is 12.8 Å². The van der Waals surface area contributed by atoms with Gasteiger partial charge in [-0.1, -0.05) is 37.1 Å². The van der Waals surface area contributed by atoms with Crippen molar-refractivity contribution in [2.75, 3.05) is 0 Å². The van der Waals surface area contributed by atoms with Gasteiger partial charge in [0.25, 0.3) is 0 Å². The SMILES string of the molecule is CC(C)=CCC[C@]1(O)C(O)=C(C(=O)C(C)C)C(=O)[C@H]1CC=C(C)C. The summed E-state index contributed by atoms with van der Waals surface area (Å²) in [4.78, 5) is 25.1. The molecule has 1 aliphatic rings. The van der Waals surface area contributed by atoms with E-state index in [-0.39, 0.29) is 12.0 Å². The van der Waals surface area contributed by atoms with Crippen LogP contribution in [0.1, 0.15) is 60.8 Å². The summed E-state index contributed by atoms with van der Waals surface area (Å²) in [5.41, 5.74) is 0.245. The number of allylic oxidation sites excluding steroid dienone is 5. The minimum absolute atomic E-state index is 0.211. The largest absolute Gasteiger partial charge is 0.508 e. The van der Waals surface area contributed by atoms with Gasteiger partial charge in [-0.25, -0.2) is 0 Å². The minimum atomic E-state index is -1.67. The fourth-order valence-corrected chi connectivity index (χ4v) is 2.95. The van der Waals surface area contributed by atoms with Crippen LogP contribution in [0, 0.1) is 11.8 Å². The van der Waals surface area contributed by atoms with Crippen LogP contribution in [0.4, 0.5) is 0 Å². The Balaban J connectivity index is 3.28. The van der Waals surface area contributed by atoms with E-state index in [1.54, 1.807) is 13.8 Å². The van der Waals surface area contributed by atoms with E-state index in [9.17, 15) is 19.8 Å². The first-order valence-electron chi connectivity index (χ1n) is 8.53. The Labute approximate surface area is 145 Å². The zero-order valence-electron chi connectivity index (χ0n) is 15.6. The lowest BCUT2D eigenvalue weighted by Gasteiger charge is -2.28. The number of carbonyl (C=O) groups is 2. The van der Waals surface area contributed by atoms with Crippen molar-refractivity contribution < 1.29 is 19.8 Å². The summed E-state index contributed by atoms with van der Waals surface area (Å²) < 4.78 is 0. The highest BCUT2D eigenvalue weighted by Gasteiger charge is 2.54. The molecule has 0 aliphatic heterocycles. The van der Waals surface area contributed by atoms with Gasteiger partial charge >= 0.3 is 0 Å². The first-order valence-corrected chi connectivity index (χ1v) is 8.53. The quantitative estimate of drug-likeness (QED) is 0.544. The molecule has 1 rings (SSSR count). The van der Waals surface area contributed by atoms with Gasteiger partial charge in [-0.05, 0) is 47.0 Å². The predicted molar refractivity (Wildman–Crippen MR) is 95.7 cm³/mol. The highest BCUT2D eigenvalue weighted by Crippen LogP contribution is 2.43. The molecule has 0 unspecified atom stereocenters. The lowest BCUT2D eigenvalue weighted by molar-refractivity contribution is -0.127. The van der Waals surface area contributed by atoms with E-state index in [1.807, 2.05) is 39.8 Å². The molecule has 4 nitrogen and oxygen atoms in total. The molecule has 0 saturated carbocycles. The average Bonchev–Trinajstić information content (AvgIpc) is 2.63. The van der Waals surface area contributed by atoms with Crippen LogP contribution in [0.3, 0.4) is 0 Å². The highest BCUT2D eigenvalue weighted by atomic mass is 16.3. The third-order valence-corrected chi connectivity index (χ3v) is 4.40. The first-order chi connectivity index (χ1) is 11.0. The zero-order chi connectivity index (χ0) is 18.7. The number of hydrogen-bond acceptors (Lipinski definition) is 4. The van der Waals surface area contributed by atoms with E-state index < -0.39 is 34.8 Å². The average molecular weight is 334 g/mol. The van der Waals surface area contributed by atoms with Crippen LogP contribution in [0.5, 0.6) is 0 Å². The number of hydrogen-bond donors (Lipinski definition) is 2. The summed E-state index contributed by atoms with van der Waals surface area (Å²) in [6, 6.07) is 0. The Morgan fingerprint density at radius 1 is 1.17 bits per heavy atom. The second-order valence-corrected chi connectivity index (χ2v) is 7.42. The van der Waals surface area contributed by atoms with E-state index in [1.165, 1.54) is 0 Å². The summed E-state index contributed by atoms with van der Waals surface area (Å²) in [6.45, 7) is 11.1. The van der Waals surface area contributed by atoms with Gasteiger partial charge in [-0.3, -0.25) is 9.59 Å². The van der Waals surface area contributed by atoms with Crippen molar-refractivity contribution in [1.29, 1.82) is 0 Å². The van der Waals surface area contributed by atoms with Gasteiger partial charge in [0.15, 0.2) is 11.6 Å². The molecule has 1 aliphatic carbocycles. The van der Waals surface area contributed by atoms with Gasteiger partial charge in [0.2, 0.25) is 0 Å². The van der Waals surface area contributed by atoms with Crippen molar-refractivity contribution in [3.8, 4) is 0 Å². The van der Waals surface area contributed by atoms with Gasteiger partial charge in [0.05, 0.1) is 5.92 Å². The van der Waals surface area contributed by atoms with Gasteiger partial charge in [0, 0.05) is 5.92 Å². The lowest BCUT2D eigenvalue weighted by Crippen LogP contribution is -2.38. The number of ketones is 2. The Morgan fingerprint density at radius 2 is 1.71 bits per heavy atom. The fraction of sp³-hybridized carbons (Fsp3) is 0.600. The van der Waals surface area contributed by atoms with Crippen molar-refractivity contribution in [2.45, 2.75) is 66.4 Å². The molecule has 0 saturated heterocycles. The summed E-state index contributed by atoms with van der Waals surface area (Å²) in [6.07, 6.45) is 4.88. The highest BCUT2D eigenvalue weighted by molar-refractivity contribution is 6.24. The Hall–Kier alpha value is -1.68. The van der Waals surface area contributed by atoms with Gasteiger partial charge in [-0.2, -0.15) is 0 Å². The molecule has 2 N–H and O–H groups in total. The van der Waals surface area contributed by atoms with E-state index in [0.717, 1.165) is 11.1 Å². The number of aliphatic hydroxyl groups excluding tert-OH is 1. The molecular weight excluding hydrogens is 304 g/mol. The molecule has 0 spiro atoms. The van der Waals surface area contributed by atoms with Gasteiger partial charge in [0.1, 0.15) is 16.9 Å². The topological polar surface area (TPSA) is 74.6 Å². The summed E-state index contributed by atoms with van der Waals surface area (Å²) in [5, 5.41) is 21.6. The number of Topliss-reactive ketones (excluding diaryl/α,β-unsaturated/α-hetero) is 2. The summed E-state index contributed by atoms with van der Waals surface area (Å²) in [7, 11) is 0.